The van der Waals surface area contributed by atoms with Gasteiger partial charge in [-0.2, -0.15) is 5.26 Å². The van der Waals surface area contributed by atoms with Crippen LogP contribution in [0.4, 0.5) is 5.82 Å². The molecule has 1 fully saturated rings. The number of aliphatic hydroxyl groups excluding tert-OH is 1. The molecule has 1 aromatic rings. The highest BCUT2D eigenvalue weighted by molar-refractivity contribution is 5.53. The molecule has 78 valence electrons. The molecule has 1 N–H and O–H groups in total. The maximum atomic E-state index is 9.05. The molecule has 1 atom stereocenters. The van der Waals surface area contributed by atoms with Crippen molar-refractivity contribution in [3.8, 4) is 6.07 Å². The lowest BCUT2D eigenvalue weighted by molar-refractivity contribution is 0.238. The number of anilines is 1. The van der Waals surface area contributed by atoms with E-state index < -0.39 is 0 Å². The van der Waals surface area contributed by atoms with E-state index in [2.05, 4.69) is 16.0 Å². The summed E-state index contributed by atoms with van der Waals surface area (Å²) in [5.74, 6) is 1.06. The van der Waals surface area contributed by atoms with E-state index in [0.29, 0.717) is 11.5 Å². The first kappa shape index (κ1) is 9.94. The van der Waals surface area contributed by atoms with Crippen LogP contribution < -0.4 is 4.90 Å². The molecule has 0 radical (unpaired) electrons. The van der Waals surface area contributed by atoms with E-state index in [1.54, 1.807) is 18.3 Å². The van der Waals surface area contributed by atoms with E-state index in [-0.39, 0.29) is 6.61 Å². The summed E-state index contributed by atoms with van der Waals surface area (Å²) in [5.41, 5.74) is 0.607. The van der Waals surface area contributed by atoms with Gasteiger partial charge in [0.25, 0.3) is 0 Å². The molecule has 0 amide bonds. The van der Waals surface area contributed by atoms with Gasteiger partial charge in [0.1, 0.15) is 11.9 Å². The molecule has 1 aromatic heterocycles. The van der Waals surface area contributed by atoms with E-state index in [9.17, 15) is 0 Å². The predicted molar refractivity (Wildman–Crippen MR) is 56.4 cm³/mol. The lowest BCUT2D eigenvalue weighted by Crippen LogP contribution is -2.22. The smallest absolute Gasteiger partial charge is 0.146 e. The van der Waals surface area contributed by atoms with E-state index >= 15 is 0 Å². The third kappa shape index (κ3) is 1.92. The molecule has 0 spiro atoms. The average Bonchev–Trinajstić information content (AvgIpc) is 2.77. The van der Waals surface area contributed by atoms with Gasteiger partial charge in [0, 0.05) is 31.8 Å². The Morgan fingerprint density at radius 2 is 2.53 bits per heavy atom. The maximum Gasteiger partial charge on any atom is 0.146 e. The summed E-state index contributed by atoms with van der Waals surface area (Å²) in [6.45, 7) is 1.88. The van der Waals surface area contributed by atoms with Crippen LogP contribution >= 0.6 is 0 Å². The van der Waals surface area contributed by atoms with Gasteiger partial charge in [0.15, 0.2) is 0 Å². The van der Waals surface area contributed by atoms with Crippen LogP contribution in [0.25, 0.3) is 0 Å². The quantitative estimate of drug-likeness (QED) is 0.771. The van der Waals surface area contributed by atoms with Crippen molar-refractivity contribution >= 4 is 5.82 Å². The summed E-state index contributed by atoms with van der Waals surface area (Å²) < 4.78 is 0. The summed E-state index contributed by atoms with van der Waals surface area (Å²) in [5, 5.41) is 18.0. The minimum absolute atomic E-state index is 0.214. The zero-order valence-corrected chi connectivity index (χ0v) is 8.43. The van der Waals surface area contributed by atoms with Gasteiger partial charge in [-0.25, -0.2) is 4.98 Å². The first-order valence-corrected chi connectivity index (χ1v) is 5.06. The molecule has 0 bridgehead atoms. The highest BCUT2D eigenvalue weighted by Gasteiger charge is 2.24. The highest BCUT2D eigenvalue weighted by Crippen LogP contribution is 2.24. The van der Waals surface area contributed by atoms with E-state index in [1.807, 2.05) is 0 Å². The Kier molecular flexibility index (Phi) is 2.84. The van der Waals surface area contributed by atoms with Gasteiger partial charge >= 0.3 is 0 Å². The average molecular weight is 203 g/mol. The molecule has 0 unspecified atom stereocenters. The van der Waals surface area contributed by atoms with Crippen molar-refractivity contribution in [3.63, 3.8) is 0 Å². The minimum atomic E-state index is 0.214. The number of aliphatic hydroxyl groups is 1. The lowest BCUT2D eigenvalue weighted by atomic mass is 10.1. The molecule has 1 aliphatic rings. The molecule has 1 aliphatic heterocycles. The molecule has 4 nitrogen and oxygen atoms in total. The third-order valence-corrected chi connectivity index (χ3v) is 2.75. The number of pyridine rings is 1. The number of hydrogen-bond donors (Lipinski definition) is 1. The van der Waals surface area contributed by atoms with Crippen molar-refractivity contribution < 1.29 is 5.11 Å². The van der Waals surface area contributed by atoms with Crippen molar-refractivity contribution in [2.24, 2.45) is 5.92 Å². The summed E-state index contributed by atoms with van der Waals surface area (Å²) in [7, 11) is 0. The van der Waals surface area contributed by atoms with Gasteiger partial charge in [-0.15, -0.1) is 0 Å². The number of hydrogen-bond acceptors (Lipinski definition) is 4. The molecule has 2 rings (SSSR count). The molecular weight excluding hydrogens is 190 g/mol. The fourth-order valence-corrected chi connectivity index (χ4v) is 1.91. The van der Waals surface area contributed by atoms with Gasteiger partial charge in [0.2, 0.25) is 0 Å². The SMILES string of the molecule is N#Cc1cccnc1N1CC[C@H](CO)C1. The summed E-state index contributed by atoms with van der Waals surface area (Å²) in [6, 6.07) is 5.68. The molecule has 0 aliphatic carbocycles. The van der Waals surface area contributed by atoms with Crippen molar-refractivity contribution in [2.45, 2.75) is 6.42 Å². The Bertz CT molecular complexity index is 386. The van der Waals surface area contributed by atoms with Crippen LogP contribution in [-0.2, 0) is 0 Å². The Hall–Kier alpha value is -1.60. The number of nitrogens with zero attached hydrogens (tertiary/aromatic N) is 3. The first-order valence-electron chi connectivity index (χ1n) is 5.06. The second-order valence-corrected chi connectivity index (χ2v) is 3.77. The fraction of sp³-hybridized carbons (Fsp3) is 0.455. The van der Waals surface area contributed by atoms with E-state index in [0.717, 1.165) is 25.3 Å². The zero-order chi connectivity index (χ0) is 10.7. The van der Waals surface area contributed by atoms with Gasteiger partial charge in [0.05, 0.1) is 5.56 Å². The van der Waals surface area contributed by atoms with Crippen molar-refractivity contribution in [1.82, 2.24) is 4.98 Å². The normalized spacial score (nSPS) is 20.3. The standard InChI is InChI=1S/C11H13N3O/c12-6-10-2-1-4-13-11(10)14-5-3-9(7-14)8-15/h1-2,4,9,15H,3,5,7-8H2/t9-/m0/s1. The van der Waals surface area contributed by atoms with E-state index in [1.165, 1.54) is 0 Å². The fourth-order valence-electron chi connectivity index (χ4n) is 1.91. The molecule has 1 saturated heterocycles. The Morgan fingerprint density at radius 3 is 3.20 bits per heavy atom. The van der Waals surface area contributed by atoms with Gasteiger partial charge in [-0.05, 0) is 18.6 Å². The van der Waals surface area contributed by atoms with Crippen LogP contribution in [0.15, 0.2) is 18.3 Å². The summed E-state index contributed by atoms with van der Waals surface area (Å²) in [4.78, 5) is 6.29. The summed E-state index contributed by atoms with van der Waals surface area (Å²) in [6.07, 6.45) is 2.67. The van der Waals surface area contributed by atoms with Crippen LogP contribution in [0.1, 0.15) is 12.0 Å². The van der Waals surface area contributed by atoms with E-state index in [4.69, 9.17) is 10.4 Å². The minimum Gasteiger partial charge on any atom is -0.396 e. The Balaban J connectivity index is 2.20. The van der Waals surface area contributed by atoms with Crippen LogP contribution in [-0.4, -0.2) is 29.8 Å². The Labute approximate surface area is 88.8 Å². The summed E-state index contributed by atoms with van der Waals surface area (Å²) >= 11 is 0. The van der Waals surface area contributed by atoms with Gasteiger partial charge in [-0.1, -0.05) is 0 Å². The molecule has 2 heterocycles. The monoisotopic (exact) mass is 203 g/mol. The molecular formula is C11H13N3O. The predicted octanol–water partition coefficient (Wildman–Crippen LogP) is 0.772. The topological polar surface area (TPSA) is 60.2 Å². The Morgan fingerprint density at radius 1 is 1.67 bits per heavy atom. The number of aromatic nitrogens is 1. The maximum absolute atomic E-state index is 9.05. The zero-order valence-electron chi connectivity index (χ0n) is 8.43. The van der Waals surface area contributed by atoms with Crippen molar-refractivity contribution in [3.05, 3.63) is 23.9 Å². The molecule has 4 heteroatoms. The first-order chi connectivity index (χ1) is 7.35. The second kappa shape index (κ2) is 4.28. The van der Waals surface area contributed by atoms with Crippen molar-refractivity contribution in [1.29, 1.82) is 5.26 Å². The van der Waals surface area contributed by atoms with Crippen LogP contribution in [0.3, 0.4) is 0 Å². The third-order valence-electron chi connectivity index (χ3n) is 2.75. The number of nitriles is 1. The van der Waals surface area contributed by atoms with Crippen LogP contribution in [0.2, 0.25) is 0 Å². The molecule has 0 aromatic carbocycles. The largest absolute Gasteiger partial charge is 0.396 e. The number of rotatable bonds is 2. The van der Waals surface area contributed by atoms with Crippen molar-refractivity contribution in [2.75, 3.05) is 24.6 Å². The highest BCUT2D eigenvalue weighted by atomic mass is 16.3. The lowest BCUT2D eigenvalue weighted by Gasteiger charge is -2.17. The van der Waals surface area contributed by atoms with Crippen LogP contribution in [0, 0.1) is 17.2 Å². The van der Waals surface area contributed by atoms with Crippen LogP contribution in [0.5, 0.6) is 0 Å². The second-order valence-electron chi connectivity index (χ2n) is 3.77. The molecule has 15 heavy (non-hydrogen) atoms. The van der Waals surface area contributed by atoms with Gasteiger partial charge < -0.3 is 10.0 Å². The van der Waals surface area contributed by atoms with Gasteiger partial charge in [-0.3, -0.25) is 0 Å². The molecule has 0 saturated carbocycles.